The first-order chi connectivity index (χ1) is 23.2. The summed E-state index contributed by atoms with van der Waals surface area (Å²) in [7, 11) is -4.68. The van der Waals surface area contributed by atoms with Crippen molar-refractivity contribution in [1.29, 1.82) is 0 Å². The van der Waals surface area contributed by atoms with Gasteiger partial charge >= 0.3 is 0 Å². The molecular formula is C31H23Br2ClN6O8S. The molecule has 0 aliphatic rings. The molecule has 0 aliphatic heterocycles. The van der Waals surface area contributed by atoms with Crippen LogP contribution in [0.15, 0.2) is 81.9 Å². The summed E-state index contributed by atoms with van der Waals surface area (Å²) in [6.07, 6.45) is -0.0570. The summed E-state index contributed by atoms with van der Waals surface area (Å²) >= 11 is 12.7. The number of nitro groups is 1. The van der Waals surface area contributed by atoms with Crippen molar-refractivity contribution in [3.05, 3.63) is 110 Å². The molecule has 0 saturated carbocycles. The zero-order chi connectivity index (χ0) is 35.5. The number of nitrogens with zero attached hydrogens (tertiary/aromatic N) is 6. The lowest BCUT2D eigenvalue weighted by molar-refractivity contribution is -0.384. The Morgan fingerprint density at radius 3 is 2.29 bits per heavy atom. The summed E-state index contributed by atoms with van der Waals surface area (Å²) in [6.45, 7) is 0. The number of fused-ring (bicyclic) bond motifs is 1. The first-order valence-corrected chi connectivity index (χ1v) is 17.9. The van der Waals surface area contributed by atoms with Crippen LogP contribution in [0.25, 0.3) is 10.8 Å². The molecule has 0 spiro atoms. The molecule has 0 radical (unpaired) electrons. The molecule has 18 heteroatoms. The minimum atomic E-state index is -4.68. The topological polar surface area (TPSA) is 218 Å². The average Bonchev–Trinajstić information content (AvgIpc) is 3.04. The van der Waals surface area contributed by atoms with Gasteiger partial charge in [0.05, 0.1) is 14.6 Å². The van der Waals surface area contributed by atoms with Crippen molar-refractivity contribution in [3.63, 3.8) is 0 Å². The van der Waals surface area contributed by atoms with E-state index in [1.807, 2.05) is 0 Å². The van der Waals surface area contributed by atoms with E-state index in [1.54, 1.807) is 30.3 Å². The van der Waals surface area contributed by atoms with Gasteiger partial charge < -0.3 is 10.2 Å². The van der Waals surface area contributed by atoms with Gasteiger partial charge in [0.2, 0.25) is 5.28 Å². The largest absolute Gasteiger partial charge is 0.506 e. The molecule has 3 N–H and O–H groups in total. The van der Waals surface area contributed by atoms with Crippen LogP contribution >= 0.6 is 43.5 Å². The number of halogens is 3. The Hall–Kier alpha value is -4.42. The van der Waals surface area contributed by atoms with Crippen molar-refractivity contribution < 1.29 is 32.9 Å². The summed E-state index contributed by atoms with van der Waals surface area (Å²) in [6, 6.07) is 16.0. The number of aromatic nitrogens is 3. The standard InChI is InChI=1S/C31H23Br2ClN6O8S/c32-15-22(33)26(42)10-17-2-4-19(27(11-17)49(46,47)48)13-29-35-28(36-31(34)37-29)12-16-1-3-18-5-7-23(30(43)21(18)9-16)38-39-24-14-20(40(44)45)6-8-25(24)41/h1-9,11,14,22,41,43H,10,12-13,15H2,(H,46,47,48). The summed E-state index contributed by atoms with van der Waals surface area (Å²) < 4.78 is 34.5. The number of carbonyl (C=O) groups is 1. The smallest absolute Gasteiger partial charge is 0.294 e. The molecule has 49 heavy (non-hydrogen) atoms. The maximum atomic E-state index is 12.4. The fourth-order valence-corrected chi connectivity index (χ4v) is 6.27. The third-order valence-corrected chi connectivity index (χ3v) is 10.6. The Kier molecular flexibility index (Phi) is 11.0. The van der Waals surface area contributed by atoms with Crippen molar-refractivity contribution in [2.75, 3.05) is 5.33 Å². The van der Waals surface area contributed by atoms with E-state index in [9.17, 15) is 38.1 Å². The van der Waals surface area contributed by atoms with Gasteiger partial charge in [-0.05, 0) is 57.9 Å². The highest BCUT2D eigenvalue weighted by molar-refractivity contribution is 9.12. The summed E-state index contributed by atoms with van der Waals surface area (Å²) in [5.74, 6) is -0.380. The predicted octanol–water partition coefficient (Wildman–Crippen LogP) is 7.11. The number of rotatable bonds is 12. The third kappa shape index (κ3) is 8.79. The Morgan fingerprint density at radius 1 is 0.918 bits per heavy atom. The Balaban J connectivity index is 1.41. The van der Waals surface area contributed by atoms with E-state index in [-0.39, 0.29) is 81.0 Å². The lowest BCUT2D eigenvalue weighted by Gasteiger charge is -2.11. The maximum Gasteiger partial charge on any atom is 0.294 e. The van der Waals surface area contributed by atoms with E-state index in [1.165, 1.54) is 18.2 Å². The summed E-state index contributed by atoms with van der Waals surface area (Å²) in [4.78, 5) is 34.7. The second-order valence-corrected chi connectivity index (χ2v) is 14.1. The molecule has 1 aromatic heterocycles. The van der Waals surface area contributed by atoms with E-state index < -0.39 is 19.9 Å². The second kappa shape index (κ2) is 15.0. The summed E-state index contributed by atoms with van der Waals surface area (Å²) in [5.41, 5.74) is 0.826. The van der Waals surface area contributed by atoms with Crippen LogP contribution in [0.2, 0.25) is 5.28 Å². The van der Waals surface area contributed by atoms with Crippen molar-refractivity contribution in [2.45, 2.75) is 29.0 Å². The van der Waals surface area contributed by atoms with Crippen LogP contribution in [0, 0.1) is 10.1 Å². The van der Waals surface area contributed by atoms with Gasteiger partial charge in [0.15, 0.2) is 11.5 Å². The van der Waals surface area contributed by atoms with E-state index in [0.29, 0.717) is 27.2 Å². The van der Waals surface area contributed by atoms with E-state index in [2.05, 4.69) is 57.0 Å². The molecule has 5 aromatic rings. The van der Waals surface area contributed by atoms with Crippen molar-refractivity contribution in [3.8, 4) is 11.5 Å². The molecule has 1 unspecified atom stereocenters. The van der Waals surface area contributed by atoms with Gasteiger partial charge in [-0.2, -0.15) is 8.42 Å². The highest BCUT2D eigenvalue weighted by Gasteiger charge is 2.21. The van der Waals surface area contributed by atoms with E-state index in [4.69, 9.17) is 11.6 Å². The van der Waals surface area contributed by atoms with Crippen molar-refractivity contribution in [2.24, 2.45) is 10.2 Å². The Morgan fingerprint density at radius 2 is 1.59 bits per heavy atom. The fourth-order valence-electron chi connectivity index (χ4n) is 4.78. The van der Waals surface area contributed by atoms with Gasteiger partial charge in [0.25, 0.3) is 15.8 Å². The number of hydrogen-bond acceptors (Lipinski definition) is 12. The Bertz CT molecular complexity index is 2260. The van der Waals surface area contributed by atoms with Gasteiger partial charge in [-0.1, -0.05) is 62.2 Å². The van der Waals surface area contributed by atoms with Crippen LogP contribution in [0.1, 0.15) is 28.3 Å². The quantitative estimate of drug-likeness (QED) is 0.0378. The lowest BCUT2D eigenvalue weighted by Crippen LogP contribution is -2.18. The van der Waals surface area contributed by atoms with Gasteiger partial charge in [-0.25, -0.2) is 15.0 Å². The minimum Gasteiger partial charge on any atom is -0.506 e. The number of azo groups is 1. The second-order valence-electron chi connectivity index (χ2n) is 10.6. The average molecular weight is 835 g/mol. The van der Waals surface area contributed by atoms with Crippen molar-refractivity contribution >= 4 is 87.2 Å². The molecule has 14 nitrogen and oxygen atoms in total. The first kappa shape index (κ1) is 35.9. The third-order valence-electron chi connectivity index (χ3n) is 7.16. The number of phenols is 2. The molecule has 0 bridgehead atoms. The number of nitro benzene ring substituents is 1. The molecule has 4 aromatic carbocycles. The molecule has 5 rings (SSSR count). The minimum absolute atomic E-state index is 0.0428. The van der Waals surface area contributed by atoms with Gasteiger partial charge in [0, 0.05) is 42.1 Å². The highest BCUT2D eigenvalue weighted by Crippen LogP contribution is 2.38. The van der Waals surface area contributed by atoms with E-state index in [0.717, 1.165) is 18.2 Å². The molecule has 0 amide bonds. The van der Waals surface area contributed by atoms with Crippen LogP contribution in [0.5, 0.6) is 11.5 Å². The number of aromatic hydroxyl groups is 2. The number of phenolic OH excluding ortho intramolecular Hbond substituents is 2. The number of ketones is 1. The molecule has 0 aliphatic carbocycles. The molecule has 1 atom stereocenters. The molecule has 0 fully saturated rings. The van der Waals surface area contributed by atoms with Crippen LogP contribution in [-0.2, 0) is 34.2 Å². The highest BCUT2D eigenvalue weighted by atomic mass is 79.9. The van der Waals surface area contributed by atoms with Gasteiger partial charge in [-0.3, -0.25) is 19.5 Å². The molecule has 0 saturated heterocycles. The lowest BCUT2D eigenvalue weighted by atomic mass is 10.0. The molecule has 252 valence electrons. The Labute approximate surface area is 300 Å². The summed E-state index contributed by atoms with van der Waals surface area (Å²) in [5, 5.41) is 41.3. The normalized spacial score (nSPS) is 12.4. The number of alkyl halides is 2. The van der Waals surface area contributed by atoms with E-state index >= 15 is 0 Å². The number of Topliss-reactive ketones (excluding diaryl/α,β-unsaturated/α-hetero) is 1. The maximum absolute atomic E-state index is 12.4. The SMILES string of the molecule is O=C(Cc1ccc(Cc2nc(Cl)nc(Cc3ccc4ccc(N=Nc5cc([N+](=O)[O-])ccc5O)c(O)c4c3)n2)c(S(=O)(=O)O)c1)C(Br)CBr. The van der Waals surface area contributed by atoms with Crippen LogP contribution in [-0.4, -0.2) is 59.0 Å². The fraction of sp³-hybridized carbons (Fsp3) is 0.161. The van der Waals surface area contributed by atoms with Crippen LogP contribution < -0.4 is 0 Å². The van der Waals surface area contributed by atoms with Crippen LogP contribution in [0.3, 0.4) is 0 Å². The van der Waals surface area contributed by atoms with Gasteiger partial charge in [0.1, 0.15) is 28.8 Å². The number of carbonyl (C=O) groups excluding carboxylic acids is 1. The molecule has 1 heterocycles. The monoisotopic (exact) mass is 832 g/mol. The van der Waals surface area contributed by atoms with Crippen LogP contribution in [0.4, 0.5) is 17.1 Å². The predicted molar refractivity (Wildman–Crippen MR) is 186 cm³/mol. The zero-order valence-electron chi connectivity index (χ0n) is 24.9. The zero-order valence-corrected chi connectivity index (χ0v) is 29.6. The van der Waals surface area contributed by atoms with Gasteiger partial charge in [-0.15, -0.1) is 10.2 Å². The number of non-ortho nitro benzene ring substituents is 1. The number of hydrogen-bond donors (Lipinski definition) is 3. The van der Waals surface area contributed by atoms with Crippen molar-refractivity contribution in [1.82, 2.24) is 15.0 Å². The first-order valence-electron chi connectivity index (χ1n) is 14.1. The molecular weight excluding hydrogens is 812 g/mol. The number of benzene rings is 4.